The second-order valence-electron chi connectivity index (χ2n) is 6.97. The van der Waals surface area contributed by atoms with Crippen molar-refractivity contribution in [3.63, 3.8) is 0 Å². The van der Waals surface area contributed by atoms with Crippen LogP contribution in [0.15, 0.2) is 5.10 Å². The van der Waals surface area contributed by atoms with E-state index >= 15 is 0 Å². The smallest absolute Gasteiger partial charge is 0.246 e. The van der Waals surface area contributed by atoms with E-state index < -0.39 is 15.4 Å². The van der Waals surface area contributed by atoms with E-state index in [1.807, 2.05) is 0 Å². The summed E-state index contributed by atoms with van der Waals surface area (Å²) in [5.41, 5.74) is -0.577. The predicted molar refractivity (Wildman–Crippen MR) is 95.6 cm³/mol. The molecule has 0 spiro atoms. The van der Waals surface area contributed by atoms with Gasteiger partial charge in [-0.05, 0) is 6.42 Å². The Kier molecular flexibility index (Phi) is 6.83. The molecule has 0 aromatic rings. The Hall–Kier alpha value is -1.13. The monoisotopic (exact) mass is 378 g/mol. The molecule has 1 heterocycles. The average Bonchev–Trinajstić information content (AvgIpc) is 2.78. The number of sulfonamides is 1. The summed E-state index contributed by atoms with van der Waals surface area (Å²) in [4.78, 5) is 24.4. The Morgan fingerprint density at radius 2 is 1.92 bits per heavy atom. The largest absolute Gasteiger partial charge is 0.303 e. The van der Waals surface area contributed by atoms with Gasteiger partial charge in [0.25, 0.3) is 0 Å². The minimum atomic E-state index is -3.29. The van der Waals surface area contributed by atoms with Crippen molar-refractivity contribution < 1.29 is 18.0 Å². The fraction of sp³-hybridized carbons (Fsp3) is 0.786. The van der Waals surface area contributed by atoms with Crippen LogP contribution in [-0.4, -0.2) is 48.6 Å². The molecule has 0 bridgehead atoms. The molecule has 2 N–H and O–H groups in total. The van der Waals surface area contributed by atoms with Crippen LogP contribution in [0.4, 0.5) is 0 Å². The Morgan fingerprint density at radius 3 is 2.38 bits per heavy atom. The van der Waals surface area contributed by atoms with Crippen LogP contribution < -0.4 is 10.0 Å². The van der Waals surface area contributed by atoms with Gasteiger partial charge in [-0.15, -0.1) is 5.10 Å². The Bertz CT molecular complexity index is 623. The maximum Gasteiger partial charge on any atom is 0.246 e. The summed E-state index contributed by atoms with van der Waals surface area (Å²) in [6.45, 7) is 9.07. The first kappa shape index (κ1) is 20.9. The summed E-state index contributed by atoms with van der Waals surface area (Å²) >= 11 is 1.25. The van der Waals surface area contributed by atoms with Crippen LogP contribution >= 0.6 is 11.8 Å². The van der Waals surface area contributed by atoms with Crippen molar-refractivity contribution in [2.75, 3.05) is 12.8 Å². The van der Waals surface area contributed by atoms with E-state index in [1.165, 1.54) is 16.8 Å². The highest BCUT2D eigenvalue weighted by Gasteiger charge is 2.35. The SMILES string of the molecule is CC(C)C(=O)N1N=C(NC(=O)C(C)(C)C)SC1CCNS(C)(=O)=O. The maximum absolute atomic E-state index is 12.3. The van der Waals surface area contributed by atoms with E-state index in [0.29, 0.717) is 11.6 Å². The molecule has 24 heavy (non-hydrogen) atoms. The lowest BCUT2D eigenvalue weighted by atomic mass is 9.96. The number of nitrogens with one attached hydrogen (secondary N) is 2. The van der Waals surface area contributed by atoms with Gasteiger partial charge in [-0.25, -0.2) is 18.1 Å². The summed E-state index contributed by atoms with van der Waals surface area (Å²) in [6, 6.07) is 0. The molecular formula is C14H26N4O4S2. The first-order valence-electron chi connectivity index (χ1n) is 7.65. The second-order valence-corrected chi connectivity index (χ2v) is 9.97. The lowest BCUT2D eigenvalue weighted by molar-refractivity contribution is -0.135. The summed E-state index contributed by atoms with van der Waals surface area (Å²) < 4.78 is 24.7. The quantitative estimate of drug-likeness (QED) is 0.739. The van der Waals surface area contributed by atoms with Crippen molar-refractivity contribution in [1.29, 1.82) is 0 Å². The number of hydrogen-bond donors (Lipinski definition) is 2. The summed E-state index contributed by atoms with van der Waals surface area (Å²) in [5, 5.41) is 8.26. The van der Waals surface area contributed by atoms with Crippen LogP contribution in [0.5, 0.6) is 0 Å². The highest BCUT2D eigenvalue weighted by molar-refractivity contribution is 8.14. The highest BCUT2D eigenvalue weighted by atomic mass is 32.2. The van der Waals surface area contributed by atoms with Gasteiger partial charge in [0.2, 0.25) is 21.8 Å². The molecular weight excluding hydrogens is 352 g/mol. The van der Waals surface area contributed by atoms with Gasteiger partial charge in [-0.1, -0.05) is 46.4 Å². The maximum atomic E-state index is 12.3. The highest BCUT2D eigenvalue weighted by Crippen LogP contribution is 2.29. The molecule has 8 nitrogen and oxygen atoms in total. The predicted octanol–water partition coefficient (Wildman–Crippen LogP) is 0.917. The number of carbonyl (C=O) groups is 2. The molecule has 1 atom stereocenters. The molecule has 0 saturated carbocycles. The molecule has 0 fully saturated rings. The molecule has 0 aromatic heterocycles. The molecule has 2 amide bonds. The fourth-order valence-electron chi connectivity index (χ4n) is 1.71. The number of hydrazone groups is 1. The number of amidine groups is 1. The summed E-state index contributed by atoms with van der Waals surface area (Å²) in [7, 11) is -3.29. The molecule has 1 aliphatic heterocycles. The number of carbonyl (C=O) groups excluding carboxylic acids is 2. The number of nitrogens with zero attached hydrogens (tertiary/aromatic N) is 2. The average molecular weight is 379 g/mol. The van der Waals surface area contributed by atoms with E-state index in [9.17, 15) is 18.0 Å². The first-order valence-corrected chi connectivity index (χ1v) is 10.4. The lowest BCUT2D eigenvalue weighted by Crippen LogP contribution is -2.37. The van der Waals surface area contributed by atoms with Crippen LogP contribution in [-0.2, 0) is 19.6 Å². The van der Waals surface area contributed by atoms with Crippen molar-refractivity contribution >= 4 is 38.8 Å². The normalized spacial score (nSPS) is 18.7. The fourth-order valence-corrected chi connectivity index (χ4v) is 3.23. The van der Waals surface area contributed by atoms with E-state index in [4.69, 9.17) is 0 Å². The van der Waals surface area contributed by atoms with Crippen LogP contribution in [0.3, 0.4) is 0 Å². The number of rotatable bonds is 5. The number of hydrogen-bond acceptors (Lipinski definition) is 6. The zero-order valence-corrected chi connectivity index (χ0v) is 16.5. The van der Waals surface area contributed by atoms with Crippen LogP contribution in [0.2, 0.25) is 0 Å². The molecule has 1 unspecified atom stereocenters. The van der Waals surface area contributed by atoms with Crippen molar-refractivity contribution in [3.05, 3.63) is 0 Å². The van der Waals surface area contributed by atoms with Crippen molar-refractivity contribution in [3.8, 4) is 0 Å². The van der Waals surface area contributed by atoms with E-state index in [2.05, 4.69) is 15.1 Å². The van der Waals surface area contributed by atoms with Crippen molar-refractivity contribution in [2.45, 2.75) is 46.4 Å². The molecule has 0 aliphatic carbocycles. The topological polar surface area (TPSA) is 108 Å². The van der Waals surface area contributed by atoms with Gasteiger partial charge in [0.15, 0.2) is 5.17 Å². The van der Waals surface area contributed by atoms with E-state index in [0.717, 1.165) is 6.26 Å². The van der Waals surface area contributed by atoms with Crippen LogP contribution in [0.1, 0.15) is 41.0 Å². The molecule has 0 aromatic carbocycles. The molecule has 10 heteroatoms. The molecule has 1 rings (SSSR count). The van der Waals surface area contributed by atoms with Gasteiger partial charge in [0.1, 0.15) is 5.37 Å². The number of amides is 2. The minimum absolute atomic E-state index is 0.174. The third kappa shape index (κ3) is 6.40. The van der Waals surface area contributed by atoms with E-state index in [1.54, 1.807) is 34.6 Å². The summed E-state index contributed by atoms with van der Waals surface area (Å²) in [5.74, 6) is -0.621. The third-order valence-corrected chi connectivity index (χ3v) is 4.94. The first-order chi connectivity index (χ1) is 10.8. The van der Waals surface area contributed by atoms with Crippen molar-refractivity contribution in [1.82, 2.24) is 15.0 Å². The van der Waals surface area contributed by atoms with Gasteiger partial charge in [0, 0.05) is 17.9 Å². The van der Waals surface area contributed by atoms with Gasteiger partial charge in [-0.3, -0.25) is 9.59 Å². The molecule has 0 saturated heterocycles. The van der Waals surface area contributed by atoms with Gasteiger partial charge >= 0.3 is 0 Å². The zero-order valence-electron chi connectivity index (χ0n) is 14.9. The minimum Gasteiger partial charge on any atom is -0.303 e. The Morgan fingerprint density at radius 1 is 1.33 bits per heavy atom. The van der Waals surface area contributed by atoms with E-state index in [-0.39, 0.29) is 29.7 Å². The van der Waals surface area contributed by atoms with Gasteiger partial charge in [-0.2, -0.15) is 0 Å². The van der Waals surface area contributed by atoms with Crippen LogP contribution in [0.25, 0.3) is 0 Å². The second kappa shape index (κ2) is 7.83. The Balaban J connectivity index is 2.81. The Labute approximate surface area is 147 Å². The molecule has 138 valence electrons. The van der Waals surface area contributed by atoms with Crippen molar-refractivity contribution in [2.24, 2.45) is 16.4 Å². The third-order valence-electron chi connectivity index (χ3n) is 3.10. The molecule has 0 radical (unpaired) electrons. The van der Waals surface area contributed by atoms with Crippen LogP contribution in [0, 0.1) is 11.3 Å². The lowest BCUT2D eigenvalue weighted by Gasteiger charge is -2.22. The zero-order chi connectivity index (χ0) is 18.7. The molecule has 1 aliphatic rings. The van der Waals surface area contributed by atoms with Gasteiger partial charge < -0.3 is 5.32 Å². The summed E-state index contributed by atoms with van der Waals surface area (Å²) in [6.07, 6.45) is 1.46. The standard InChI is InChI=1S/C14H26N4O4S2/c1-9(2)11(19)18-10(7-8-15-24(6,21)22)23-13(17-18)16-12(20)14(3,4)5/h9-10,15H,7-8H2,1-6H3,(H,16,17,20). The van der Waals surface area contributed by atoms with Gasteiger partial charge in [0.05, 0.1) is 6.26 Å². The number of thioether (sulfide) groups is 1.